The van der Waals surface area contributed by atoms with Crippen molar-refractivity contribution in [1.82, 2.24) is 9.97 Å². The van der Waals surface area contributed by atoms with E-state index in [4.69, 9.17) is 5.73 Å². The Kier molecular flexibility index (Phi) is 7.52. The van der Waals surface area contributed by atoms with E-state index in [0.29, 0.717) is 19.5 Å². The highest BCUT2D eigenvalue weighted by atomic mass is 35.5. The molecular weight excluding hydrogens is 416 g/mol. The van der Waals surface area contributed by atoms with Gasteiger partial charge in [0.05, 0.1) is 5.69 Å². The van der Waals surface area contributed by atoms with Crippen molar-refractivity contribution in [2.24, 2.45) is 5.73 Å². The normalized spacial score (nSPS) is 10.6. The third-order valence-corrected chi connectivity index (χ3v) is 5.91. The van der Waals surface area contributed by atoms with Gasteiger partial charge in [-0.2, -0.15) is 0 Å². The van der Waals surface area contributed by atoms with E-state index in [2.05, 4.69) is 33.5 Å². The van der Waals surface area contributed by atoms with Crippen molar-refractivity contribution < 1.29 is 4.79 Å². The molecule has 0 amide bonds. The second-order valence-corrected chi connectivity index (χ2v) is 7.99. The maximum atomic E-state index is 12.7. The number of nitrogens with two attached hydrogens (primary N) is 1. The van der Waals surface area contributed by atoms with Crippen LogP contribution in [0, 0.1) is 0 Å². The molecule has 0 atom stereocenters. The van der Waals surface area contributed by atoms with Crippen molar-refractivity contribution in [2.45, 2.75) is 25.9 Å². The number of Topliss-reactive ketones (excluding diaryl/α,β-unsaturated/α-hetero) is 1. The lowest BCUT2D eigenvalue weighted by Gasteiger charge is -2.08. The molecule has 3 N–H and O–H groups in total. The van der Waals surface area contributed by atoms with Gasteiger partial charge < -0.3 is 11.1 Å². The first-order chi connectivity index (χ1) is 14.2. The molecule has 7 heteroatoms. The summed E-state index contributed by atoms with van der Waals surface area (Å²) in [5.74, 6) is 0.888. The van der Waals surface area contributed by atoms with Gasteiger partial charge in [-0.05, 0) is 35.6 Å². The van der Waals surface area contributed by atoms with Crippen molar-refractivity contribution >= 4 is 45.4 Å². The molecule has 0 fully saturated rings. The molecule has 2 heterocycles. The Morgan fingerprint density at radius 1 is 1.03 bits per heavy atom. The van der Waals surface area contributed by atoms with Crippen LogP contribution in [-0.4, -0.2) is 15.8 Å². The maximum Gasteiger partial charge on any atom is 0.163 e. The number of carbonyl (C=O) groups is 1. The summed E-state index contributed by atoms with van der Waals surface area (Å²) in [5, 5.41) is 4.50. The molecule has 154 valence electrons. The Labute approximate surface area is 185 Å². The summed E-state index contributed by atoms with van der Waals surface area (Å²) in [6, 6.07) is 20.1. The highest BCUT2D eigenvalue weighted by molar-refractivity contribution is 7.19. The van der Waals surface area contributed by atoms with E-state index in [9.17, 15) is 4.79 Å². The van der Waals surface area contributed by atoms with Gasteiger partial charge in [0.1, 0.15) is 12.1 Å². The van der Waals surface area contributed by atoms with E-state index in [1.165, 1.54) is 21.3 Å². The Balaban J connectivity index is 0.00000256. The lowest BCUT2D eigenvalue weighted by Crippen LogP contribution is -2.06. The van der Waals surface area contributed by atoms with E-state index in [1.807, 2.05) is 42.5 Å². The molecule has 30 heavy (non-hydrogen) atoms. The Bertz CT molecular complexity index is 1110. The number of thiophene rings is 1. The van der Waals surface area contributed by atoms with E-state index in [-0.39, 0.29) is 18.2 Å². The molecule has 2 aromatic carbocycles. The van der Waals surface area contributed by atoms with Gasteiger partial charge in [0.25, 0.3) is 0 Å². The number of nitrogens with one attached hydrogen (secondary N) is 1. The summed E-state index contributed by atoms with van der Waals surface area (Å²) < 4.78 is 1.27. The first kappa shape index (κ1) is 21.9. The summed E-state index contributed by atoms with van der Waals surface area (Å²) in [4.78, 5) is 22.2. The number of rotatable bonds is 8. The smallest absolute Gasteiger partial charge is 0.163 e. The van der Waals surface area contributed by atoms with Crippen LogP contribution in [0.3, 0.4) is 0 Å². The number of halogens is 1. The second-order valence-electron chi connectivity index (χ2n) is 6.83. The van der Waals surface area contributed by atoms with Gasteiger partial charge in [-0.25, -0.2) is 9.97 Å². The van der Waals surface area contributed by atoms with Gasteiger partial charge in [0.15, 0.2) is 5.78 Å². The minimum Gasteiger partial charge on any atom is -0.366 e. The highest BCUT2D eigenvalue weighted by Gasteiger charge is 2.09. The molecule has 0 radical (unpaired) electrons. The number of aryl methyl sites for hydroxylation is 1. The Morgan fingerprint density at radius 2 is 1.90 bits per heavy atom. The third kappa shape index (κ3) is 5.42. The Morgan fingerprint density at radius 3 is 2.73 bits per heavy atom. The van der Waals surface area contributed by atoms with Crippen molar-refractivity contribution in [2.75, 3.05) is 5.32 Å². The van der Waals surface area contributed by atoms with Crippen LogP contribution in [0.5, 0.6) is 0 Å². The van der Waals surface area contributed by atoms with Crippen LogP contribution < -0.4 is 11.1 Å². The zero-order valence-corrected chi connectivity index (χ0v) is 18.0. The first-order valence-electron chi connectivity index (χ1n) is 9.56. The minimum absolute atomic E-state index is 0. The minimum atomic E-state index is 0. The number of aromatic nitrogens is 2. The molecule has 0 aliphatic carbocycles. The van der Waals surface area contributed by atoms with E-state index >= 15 is 0 Å². The molecule has 0 unspecified atom stereocenters. The van der Waals surface area contributed by atoms with Gasteiger partial charge in [-0.3, -0.25) is 4.79 Å². The SMILES string of the molecule is Cl.NCc1cc(NCc2cccc(C(=O)CCc3cc4ccccc4s3)c2)ncn1. The van der Waals surface area contributed by atoms with Crippen LogP contribution in [-0.2, 0) is 19.5 Å². The molecule has 0 bridgehead atoms. The van der Waals surface area contributed by atoms with Gasteiger partial charge in [0.2, 0.25) is 0 Å². The van der Waals surface area contributed by atoms with Crippen LogP contribution in [0.15, 0.2) is 67.0 Å². The van der Waals surface area contributed by atoms with Crippen LogP contribution in [0.2, 0.25) is 0 Å². The van der Waals surface area contributed by atoms with E-state index < -0.39 is 0 Å². The molecule has 0 aliphatic heterocycles. The predicted molar refractivity (Wildman–Crippen MR) is 125 cm³/mol. The first-order valence-corrected chi connectivity index (χ1v) is 10.4. The quantitative estimate of drug-likeness (QED) is 0.378. The van der Waals surface area contributed by atoms with E-state index in [0.717, 1.165) is 29.1 Å². The summed E-state index contributed by atoms with van der Waals surface area (Å²) in [6.07, 6.45) is 2.78. The zero-order chi connectivity index (χ0) is 20.1. The molecule has 4 rings (SSSR count). The number of benzene rings is 2. The average Bonchev–Trinajstić information content (AvgIpc) is 3.19. The largest absolute Gasteiger partial charge is 0.366 e. The molecular formula is C23H23ClN4OS. The predicted octanol–water partition coefficient (Wildman–Crippen LogP) is 5.00. The fraction of sp³-hybridized carbons (Fsp3) is 0.174. The molecule has 2 aromatic heterocycles. The molecule has 0 spiro atoms. The highest BCUT2D eigenvalue weighted by Crippen LogP contribution is 2.26. The van der Waals surface area contributed by atoms with Crippen molar-refractivity contribution in [3.05, 3.63) is 88.7 Å². The second kappa shape index (κ2) is 10.3. The molecule has 0 aliphatic rings. The van der Waals surface area contributed by atoms with Crippen LogP contribution in [0.25, 0.3) is 10.1 Å². The average molecular weight is 439 g/mol. The van der Waals surface area contributed by atoms with Crippen LogP contribution in [0.1, 0.15) is 32.9 Å². The van der Waals surface area contributed by atoms with E-state index in [1.54, 1.807) is 11.3 Å². The summed E-state index contributed by atoms with van der Waals surface area (Å²) >= 11 is 1.76. The number of hydrogen-bond donors (Lipinski definition) is 2. The molecule has 0 saturated carbocycles. The maximum absolute atomic E-state index is 12.7. The number of hydrogen-bond acceptors (Lipinski definition) is 6. The number of fused-ring (bicyclic) bond motifs is 1. The third-order valence-electron chi connectivity index (χ3n) is 4.73. The number of nitrogens with zero attached hydrogens (tertiary/aromatic N) is 2. The van der Waals surface area contributed by atoms with Gasteiger partial charge in [0, 0.05) is 40.7 Å². The van der Waals surface area contributed by atoms with Crippen molar-refractivity contribution in [3.63, 3.8) is 0 Å². The van der Waals surface area contributed by atoms with Crippen LogP contribution >= 0.6 is 23.7 Å². The lowest BCUT2D eigenvalue weighted by atomic mass is 10.0. The molecule has 5 nitrogen and oxygen atoms in total. The standard InChI is InChI=1S/C23H22N4OS.ClH/c24-13-19-12-23(27-15-26-19)25-14-16-4-3-6-17(10-16)21(28)9-8-20-11-18-5-1-2-7-22(18)29-20;/h1-7,10-12,15H,8-9,13-14,24H2,(H,25,26,27);1H. The number of carbonyl (C=O) groups excluding carboxylic acids is 1. The van der Waals surface area contributed by atoms with Crippen molar-refractivity contribution in [1.29, 1.82) is 0 Å². The van der Waals surface area contributed by atoms with Crippen molar-refractivity contribution in [3.8, 4) is 0 Å². The topological polar surface area (TPSA) is 80.9 Å². The Hall–Kier alpha value is -2.80. The lowest BCUT2D eigenvalue weighted by molar-refractivity contribution is 0.0983. The number of anilines is 1. The van der Waals surface area contributed by atoms with Gasteiger partial charge in [-0.15, -0.1) is 23.7 Å². The molecule has 0 saturated heterocycles. The van der Waals surface area contributed by atoms with Gasteiger partial charge in [-0.1, -0.05) is 36.4 Å². The zero-order valence-electron chi connectivity index (χ0n) is 16.4. The summed E-state index contributed by atoms with van der Waals surface area (Å²) in [7, 11) is 0. The monoisotopic (exact) mass is 438 g/mol. The summed E-state index contributed by atoms with van der Waals surface area (Å²) in [6.45, 7) is 0.958. The van der Waals surface area contributed by atoms with Crippen LogP contribution in [0.4, 0.5) is 5.82 Å². The molecule has 4 aromatic rings. The van der Waals surface area contributed by atoms with Gasteiger partial charge >= 0.3 is 0 Å². The number of ketones is 1. The fourth-order valence-electron chi connectivity index (χ4n) is 3.19. The fourth-order valence-corrected chi connectivity index (χ4v) is 4.26. The summed E-state index contributed by atoms with van der Waals surface area (Å²) in [5.41, 5.74) is 8.18.